The molecule has 0 radical (unpaired) electrons. The maximum absolute atomic E-state index is 3.71. The average molecular weight is 178 g/mol. The van der Waals surface area contributed by atoms with Crippen molar-refractivity contribution >= 4 is 11.8 Å². The Kier molecular flexibility index (Phi) is 3.95. The molecule has 64 valence electrons. The summed E-state index contributed by atoms with van der Waals surface area (Å²) in [5, 5.41) is 0. The molecule has 0 bridgehead atoms. The number of hydrogen-bond donors (Lipinski definition) is 0. The standard InChI is InChI=1S/C11H14S/c1-3-4-5-10-6-8-11(12-2)9-7-10/h3,6-9H,1,4-5H2,2H3. The van der Waals surface area contributed by atoms with Crippen molar-refractivity contribution in [1.82, 2.24) is 0 Å². The SMILES string of the molecule is C=CCCc1ccc(SC)cc1. The van der Waals surface area contributed by atoms with E-state index in [2.05, 4.69) is 37.1 Å². The van der Waals surface area contributed by atoms with Crippen molar-refractivity contribution in [2.45, 2.75) is 17.7 Å². The van der Waals surface area contributed by atoms with Gasteiger partial charge in [0.25, 0.3) is 0 Å². The zero-order chi connectivity index (χ0) is 8.81. The fourth-order valence-electron chi connectivity index (χ4n) is 1.06. The van der Waals surface area contributed by atoms with Gasteiger partial charge in [0.1, 0.15) is 0 Å². The maximum Gasteiger partial charge on any atom is 0.00693 e. The molecule has 1 aromatic carbocycles. The molecule has 0 fully saturated rings. The number of thioether (sulfide) groups is 1. The molecule has 0 saturated carbocycles. The first kappa shape index (κ1) is 9.40. The normalized spacial score (nSPS) is 9.75. The van der Waals surface area contributed by atoms with Crippen LogP contribution < -0.4 is 0 Å². The average Bonchev–Trinajstić information content (AvgIpc) is 2.15. The lowest BCUT2D eigenvalue weighted by molar-refractivity contribution is 1.00. The molecule has 0 N–H and O–H groups in total. The van der Waals surface area contributed by atoms with Gasteiger partial charge in [-0.05, 0) is 36.8 Å². The molecular formula is C11H14S. The van der Waals surface area contributed by atoms with E-state index in [0.29, 0.717) is 0 Å². The first-order valence-corrected chi connectivity index (χ1v) is 5.33. The molecule has 0 atom stereocenters. The summed E-state index contributed by atoms with van der Waals surface area (Å²) in [6, 6.07) is 8.72. The predicted octanol–water partition coefficient (Wildman–Crippen LogP) is 3.53. The fraction of sp³-hybridized carbons (Fsp3) is 0.273. The number of hydrogen-bond acceptors (Lipinski definition) is 1. The Balaban J connectivity index is 2.58. The second-order valence-corrected chi connectivity index (χ2v) is 3.56. The summed E-state index contributed by atoms with van der Waals surface area (Å²) >= 11 is 1.78. The Labute approximate surface area is 78.7 Å². The van der Waals surface area contributed by atoms with Gasteiger partial charge in [0.2, 0.25) is 0 Å². The Morgan fingerprint density at radius 1 is 1.33 bits per heavy atom. The summed E-state index contributed by atoms with van der Waals surface area (Å²) in [6.45, 7) is 3.71. The minimum absolute atomic E-state index is 1.07. The second kappa shape index (κ2) is 5.04. The van der Waals surface area contributed by atoms with Crippen LogP contribution >= 0.6 is 11.8 Å². The third kappa shape index (κ3) is 2.74. The second-order valence-electron chi connectivity index (χ2n) is 2.68. The molecule has 1 aromatic rings. The lowest BCUT2D eigenvalue weighted by Gasteiger charge is -1.99. The maximum atomic E-state index is 3.71. The van der Waals surface area contributed by atoms with E-state index in [4.69, 9.17) is 0 Å². The molecule has 0 spiro atoms. The highest BCUT2D eigenvalue weighted by Crippen LogP contribution is 2.15. The van der Waals surface area contributed by atoms with Gasteiger partial charge in [0.05, 0.1) is 0 Å². The number of allylic oxidation sites excluding steroid dienone is 1. The summed E-state index contributed by atoms with van der Waals surface area (Å²) in [7, 11) is 0. The van der Waals surface area contributed by atoms with Gasteiger partial charge in [-0.3, -0.25) is 0 Å². The molecule has 0 aliphatic heterocycles. The van der Waals surface area contributed by atoms with Gasteiger partial charge < -0.3 is 0 Å². The highest BCUT2D eigenvalue weighted by Gasteiger charge is 1.91. The quantitative estimate of drug-likeness (QED) is 0.502. The van der Waals surface area contributed by atoms with E-state index in [1.807, 2.05) is 6.08 Å². The van der Waals surface area contributed by atoms with Gasteiger partial charge in [-0.2, -0.15) is 0 Å². The molecule has 0 nitrogen and oxygen atoms in total. The van der Waals surface area contributed by atoms with E-state index < -0.39 is 0 Å². The highest BCUT2D eigenvalue weighted by molar-refractivity contribution is 7.98. The van der Waals surface area contributed by atoms with Gasteiger partial charge in [-0.15, -0.1) is 18.3 Å². The number of aryl methyl sites for hydroxylation is 1. The van der Waals surface area contributed by atoms with Crippen molar-refractivity contribution in [1.29, 1.82) is 0 Å². The fourth-order valence-corrected chi connectivity index (χ4v) is 1.47. The molecule has 0 saturated heterocycles. The van der Waals surface area contributed by atoms with Gasteiger partial charge in [0.15, 0.2) is 0 Å². The molecule has 0 aromatic heterocycles. The highest BCUT2D eigenvalue weighted by atomic mass is 32.2. The van der Waals surface area contributed by atoms with Crippen LogP contribution in [0.25, 0.3) is 0 Å². The number of rotatable bonds is 4. The van der Waals surface area contributed by atoms with E-state index in [9.17, 15) is 0 Å². The molecular weight excluding hydrogens is 164 g/mol. The van der Waals surface area contributed by atoms with Crippen molar-refractivity contribution in [2.24, 2.45) is 0 Å². The van der Waals surface area contributed by atoms with Crippen molar-refractivity contribution in [3.05, 3.63) is 42.5 Å². The van der Waals surface area contributed by atoms with E-state index in [-0.39, 0.29) is 0 Å². The van der Waals surface area contributed by atoms with Crippen molar-refractivity contribution in [3.8, 4) is 0 Å². The monoisotopic (exact) mass is 178 g/mol. The predicted molar refractivity (Wildman–Crippen MR) is 56.7 cm³/mol. The zero-order valence-corrected chi connectivity index (χ0v) is 8.23. The zero-order valence-electron chi connectivity index (χ0n) is 7.42. The van der Waals surface area contributed by atoms with Gasteiger partial charge >= 0.3 is 0 Å². The lowest BCUT2D eigenvalue weighted by atomic mass is 10.1. The topological polar surface area (TPSA) is 0 Å². The van der Waals surface area contributed by atoms with Crippen LogP contribution in [-0.2, 0) is 6.42 Å². The van der Waals surface area contributed by atoms with Gasteiger partial charge in [0, 0.05) is 4.90 Å². The Hall–Kier alpha value is -0.690. The Bertz CT molecular complexity index is 236. The summed E-state index contributed by atoms with van der Waals surface area (Å²) in [4.78, 5) is 1.33. The first-order valence-electron chi connectivity index (χ1n) is 4.10. The Morgan fingerprint density at radius 3 is 2.50 bits per heavy atom. The summed E-state index contributed by atoms with van der Waals surface area (Å²) in [5.74, 6) is 0. The molecule has 12 heavy (non-hydrogen) atoms. The van der Waals surface area contributed by atoms with E-state index in [1.165, 1.54) is 10.5 Å². The van der Waals surface area contributed by atoms with Gasteiger partial charge in [-0.25, -0.2) is 0 Å². The van der Waals surface area contributed by atoms with Crippen LogP contribution in [0.4, 0.5) is 0 Å². The molecule has 0 aliphatic rings. The number of benzene rings is 1. The lowest BCUT2D eigenvalue weighted by Crippen LogP contribution is -1.82. The van der Waals surface area contributed by atoms with Crippen molar-refractivity contribution < 1.29 is 0 Å². The molecule has 1 heteroatoms. The summed E-state index contributed by atoms with van der Waals surface area (Å²) < 4.78 is 0. The van der Waals surface area contributed by atoms with E-state index in [0.717, 1.165) is 12.8 Å². The van der Waals surface area contributed by atoms with E-state index in [1.54, 1.807) is 11.8 Å². The summed E-state index contributed by atoms with van der Waals surface area (Å²) in [6.07, 6.45) is 6.23. The molecule has 0 unspecified atom stereocenters. The van der Waals surface area contributed by atoms with Crippen LogP contribution in [0.1, 0.15) is 12.0 Å². The molecule has 0 amide bonds. The van der Waals surface area contributed by atoms with Crippen LogP contribution in [0.2, 0.25) is 0 Å². The largest absolute Gasteiger partial charge is 0.130 e. The first-order chi connectivity index (χ1) is 5.86. The van der Waals surface area contributed by atoms with Crippen LogP contribution in [0, 0.1) is 0 Å². The van der Waals surface area contributed by atoms with Crippen LogP contribution in [0.5, 0.6) is 0 Å². The smallest absolute Gasteiger partial charge is 0.00693 e. The van der Waals surface area contributed by atoms with Crippen LogP contribution in [-0.4, -0.2) is 6.26 Å². The third-order valence-electron chi connectivity index (χ3n) is 1.80. The van der Waals surface area contributed by atoms with Crippen LogP contribution in [0.15, 0.2) is 41.8 Å². The molecule has 1 rings (SSSR count). The summed E-state index contributed by atoms with van der Waals surface area (Å²) in [5.41, 5.74) is 1.40. The van der Waals surface area contributed by atoms with E-state index >= 15 is 0 Å². The third-order valence-corrected chi connectivity index (χ3v) is 2.54. The van der Waals surface area contributed by atoms with Gasteiger partial charge in [-0.1, -0.05) is 18.2 Å². The minimum atomic E-state index is 1.07. The molecule has 0 aliphatic carbocycles. The minimum Gasteiger partial charge on any atom is -0.130 e. The van der Waals surface area contributed by atoms with Crippen molar-refractivity contribution in [3.63, 3.8) is 0 Å². The Morgan fingerprint density at radius 2 is 2.00 bits per heavy atom. The molecule has 0 heterocycles. The van der Waals surface area contributed by atoms with Crippen LogP contribution in [0.3, 0.4) is 0 Å². The van der Waals surface area contributed by atoms with Crippen molar-refractivity contribution in [2.75, 3.05) is 6.26 Å².